The van der Waals surface area contributed by atoms with Crippen LogP contribution in [0, 0.1) is 0 Å². The quantitative estimate of drug-likeness (QED) is 0.722. The molecule has 0 saturated carbocycles. The van der Waals surface area contributed by atoms with Crippen LogP contribution in [0.15, 0.2) is 29.4 Å². The smallest absolute Gasteiger partial charge is 0.180 e. The first kappa shape index (κ1) is 8.00. The van der Waals surface area contributed by atoms with E-state index in [1.165, 1.54) is 6.39 Å². The van der Waals surface area contributed by atoms with Crippen molar-refractivity contribution >= 4 is 0 Å². The van der Waals surface area contributed by atoms with Crippen LogP contribution in [0.2, 0.25) is 0 Å². The van der Waals surface area contributed by atoms with E-state index in [2.05, 4.69) is 20.3 Å². The van der Waals surface area contributed by atoms with Crippen LogP contribution < -0.4 is 5.32 Å². The topological polar surface area (TPSA) is 66.7 Å². The van der Waals surface area contributed by atoms with E-state index >= 15 is 0 Å². The lowest BCUT2D eigenvalue weighted by Gasteiger charge is -1.97. The van der Waals surface area contributed by atoms with Gasteiger partial charge in [-0.05, 0) is 0 Å². The SMILES string of the molecule is c1c[nH]c(CNCc2cnco2)n1. The fraction of sp³-hybridized carbons (Fsp3) is 0.250. The van der Waals surface area contributed by atoms with E-state index in [4.69, 9.17) is 4.42 Å². The first-order valence-electron chi connectivity index (χ1n) is 4.01. The molecule has 0 unspecified atom stereocenters. The van der Waals surface area contributed by atoms with Gasteiger partial charge in [-0.3, -0.25) is 0 Å². The van der Waals surface area contributed by atoms with Gasteiger partial charge in [-0.1, -0.05) is 0 Å². The monoisotopic (exact) mass is 178 g/mol. The molecule has 0 aliphatic heterocycles. The van der Waals surface area contributed by atoms with Crippen LogP contribution in [0.4, 0.5) is 0 Å². The van der Waals surface area contributed by atoms with E-state index in [9.17, 15) is 0 Å². The van der Waals surface area contributed by atoms with Gasteiger partial charge < -0.3 is 14.7 Å². The van der Waals surface area contributed by atoms with Crippen LogP contribution in [0.25, 0.3) is 0 Å². The van der Waals surface area contributed by atoms with Gasteiger partial charge in [0.1, 0.15) is 11.6 Å². The average Bonchev–Trinajstić information content (AvgIpc) is 2.75. The standard InChI is InChI=1S/C8H10N4O/c1-2-12-8(11-1)5-9-3-7-4-10-6-13-7/h1-2,4,6,9H,3,5H2,(H,11,12). The van der Waals surface area contributed by atoms with E-state index in [1.54, 1.807) is 18.6 Å². The first-order chi connectivity index (χ1) is 6.45. The molecule has 68 valence electrons. The Balaban J connectivity index is 1.76. The Bertz CT molecular complexity index is 293. The summed E-state index contributed by atoms with van der Waals surface area (Å²) in [5, 5.41) is 3.16. The molecule has 0 aromatic carbocycles. The number of aromatic amines is 1. The number of hydrogen-bond donors (Lipinski definition) is 2. The summed E-state index contributed by atoms with van der Waals surface area (Å²) >= 11 is 0. The predicted octanol–water partition coefficient (Wildman–Crippen LogP) is 0.688. The fourth-order valence-electron chi connectivity index (χ4n) is 1.03. The largest absolute Gasteiger partial charge is 0.447 e. The van der Waals surface area contributed by atoms with E-state index in [-0.39, 0.29) is 0 Å². The Morgan fingerprint density at radius 2 is 2.46 bits per heavy atom. The van der Waals surface area contributed by atoms with Crippen molar-refractivity contribution < 1.29 is 4.42 Å². The van der Waals surface area contributed by atoms with Crippen LogP contribution >= 0.6 is 0 Å². The number of aromatic nitrogens is 3. The molecule has 0 atom stereocenters. The normalized spacial score (nSPS) is 10.5. The van der Waals surface area contributed by atoms with Crippen molar-refractivity contribution in [2.45, 2.75) is 13.1 Å². The zero-order valence-electron chi connectivity index (χ0n) is 7.03. The Hall–Kier alpha value is -1.62. The zero-order chi connectivity index (χ0) is 8.93. The van der Waals surface area contributed by atoms with Crippen molar-refractivity contribution in [2.24, 2.45) is 0 Å². The van der Waals surface area contributed by atoms with E-state index in [1.807, 2.05) is 0 Å². The Labute approximate surface area is 75.2 Å². The van der Waals surface area contributed by atoms with E-state index in [0.717, 1.165) is 11.6 Å². The summed E-state index contributed by atoms with van der Waals surface area (Å²) in [6, 6.07) is 0. The molecule has 2 rings (SSSR count). The molecular formula is C8H10N4O. The van der Waals surface area contributed by atoms with Crippen LogP contribution in [0.5, 0.6) is 0 Å². The fourth-order valence-corrected chi connectivity index (χ4v) is 1.03. The van der Waals surface area contributed by atoms with Crippen molar-refractivity contribution in [2.75, 3.05) is 0 Å². The minimum Gasteiger partial charge on any atom is -0.447 e. The van der Waals surface area contributed by atoms with Crippen molar-refractivity contribution in [1.82, 2.24) is 20.3 Å². The van der Waals surface area contributed by atoms with Gasteiger partial charge in [0.15, 0.2) is 6.39 Å². The van der Waals surface area contributed by atoms with Crippen LogP contribution in [-0.4, -0.2) is 15.0 Å². The second-order valence-corrected chi connectivity index (χ2v) is 2.61. The lowest BCUT2D eigenvalue weighted by Crippen LogP contribution is -2.13. The van der Waals surface area contributed by atoms with Crippen LogP contribution in [-0.2, 0) is 13.1 Å². The first-order valence-corrected chi connectivity index (χ1v) is 4.01. The number of oxazole rings is 1. The third-order valence-electron chi connectivity index (χ3n) is 1.63. The molecule has 0 spiro atoms. The third-order valence-corrected chi connectivity index (χ3v) is 1.63. The van der Waals surface area contributed by atoms with Gasteiger partial charge in [-0.2, -0.15) is 0 Å². The molecule has 0 radical (unpaired) electrons. The highest BCUT2D eigenvalue weighted by Crippen LogP contribution is 1.95. The molecule has 2 aromatic rings. The summed E-state index contributed by atoms with van der Waals surface area (Å²) in [6.07, 6.45) is 6.63. The molecule has 5 heteroatoms. The maximum Gasteiger partial charge on any atom is 0.180 e. The summed E-state index contributed by atoms with van der Waals surface area (Å²) in [5.74, 6) is 1.74. The second kappa shape index (κ2) is 3.86. The van der Waals surface area contributed by atoms with Crippen molar-refractivity contribution in [3.8, 4) is 0 Å². The van der Waals surface area contributed by atoms with Gasteiger partial charge in [0, 0.05) is 12.4 Å². The summed E-state index contributed by atoms with van der Waals surface area (Å²) in [7, 11) is 0. The molecule has 13 heavy (non-hydrogen) atoms. The van der Waals surface area contributed by atoms with Gasteiger partial charge in [0.2, 0.25) is 0 Å². The molecule has 0 fully saturated rings. The Morgan fingerprint density at radius 1 is 1.46 bits per heavy atom. The zero-order valence-corrected chi connectivity index (χ0v) is 7.03. The molecule has 0 amide bonds. The third kappa shape index (κ3) is 2.16. The molecule has 2 aromatic heterocycles. The number of hydrogen-bond acceptors (Lipinski definition) is 4. The van der Waals surface area contributed by atoms with Gasteiger partial charge in [0.05, 0.1) is 19.3 Å². The maximum atomic E-state index is 5.05. The average molecular weight is 178 g/mol. The highest BCUT2D eigenvalue weighted by molar-refractivity contribution is 4.90. The minimum atomic E-state index is 0.667. The number of nitrogens with zero attached hydrogens (tertiary/aromatic N) is 2. The Morgan fingerprint density at radius 3 is 3.15 bits per heavy atom. The molecule has 0 aliphatic carbocycles. The maximum absolute atomic E-state index is 5.05. The van der Waals surface area contributed by atoms with Crippen molar-refractivity contribution in [3.63, 3.8) is 0 Å². The Kier molecular flexibility index (Phi) is 2.38. The number of nitrogens with one attached hydrogen (secondary N) is 2. The highest BCUT2D eigenvalue weighted by atomic mass is 16.3. The van der Waals surface area contributed by atoms with Gasteiger partial charge in [-0.15, -0.1) is 0 Å². The van der Waals surface area contributed by atoms with Crippen molar-refractivity contribution in [3.05, 3.63) is 36.6 Å². The van der Waals surface area contributed by atoms with Gasteiger partial charge >= 0.3 is 0 Å². The molecule has 2 N–H and O–H groups in total. The summed E-state index contributed by atoms with van der Waals surface area (Å²) in [6.45, 7) is 1.37. The number of imidazole rings is 1. The number of H-pyrrole nitrogens is 1. The molecular weight excluding hydrogens is 168 g/mol. The van der Waals surface area contributed by atoms with Gasteiger partial charge in [-0.25, -0.2) is 9.97 Å². The van der Waals surface area contributed by atoms with Crippen LogP contribution in [0.1, 0.15) is 11.6 Å². The lowest BCUT2D eigenvalue weighted by molar-refractivity contribution is 0.477. The van der Waals surface area contributed by atoms with E-state index in [0.29, 0.717) is 13.1 Å². The molecule has 0 aliphatic rings. The minimum absolute atomic E-state index is 0.667. The second-order valence-electron chi connectivity index (χ2n) is 2.61. The number of rotatable bonds is 4. The molecule has 0 saturated heterocycles. The molecule has 5 nitrogen and oxygen atoms in total. The van der Waals surface area contributed by atoms with Gasteiger partial charge in [0.25, 0.3) is 0 Å². The summed E-state index contributed by atoms with van der Waals surface area (Å²) in [4.78, 5) is 10.9. The van der Waals surface area contributed by atoms with E-state index < -0.39 is 0 Å². The predicted molar refractivity (Wildman–Crippen MR) is 45.6 cm³/mol. The highest BCUT2D eigenvalue weighted by Gasteiger charge is 1.96. The summed E-state index contributed by atoms with van der Waals surface area (Å²) in [5.41, 5.74) is 0. The molecule has 0 bridgehead atoms. The summed E-state index contributed by atoms with van der Waals surface area (Å²) < 4.78 is 5.05. The lowest BCUT2D eigenvalue weighted by atomic mass is 10.5. The van der Waals surface area contributed by atoms with Crippen LogP contribution in [0.3, 0.4) is 0 Å². The van der Waals surface area contributed by atoms with Crippen molar-refractivity contribution in [1.29, 1.82) is 0 Å². The molecule has 2 heterocycles.